The molecule has 0 aliphatic rings. The molecule has 0 radical (unpaired) electrons. The average Bonchev–Trinajstić information content (AvgIpc) is 3.15. The molecule has 3 rings (SSSR count). The summed E-state index contributed by atoms with van der Waals surface area (Å²) in [5.41, 5.74) is 1.73. The molecule has 0 N–H and O–H groups in total. The van der Waals surface area contributed by atoms with Crippen molar-refractivity contribution in [3.8, 4) is 5.69 Å². The minimum absolute atomic E-state index is 0.174. The van der Waals surface area contributed by atoms with Crippen molar-refractivity contribution in [2.45, 2.75) is 6.92 Å². The molecular weight excluding hydrogens is 300 g/mol. The molecule has 1 aromatic carbocycles. The highest BCUT2D eigenvalue weighted by atomic mass is 35.5. The number of nitrogens with zero attached hydrogens (tertiary/aromatic N) is 2. The van der Waals surface area contributed by atoms with Crippen LogP contribution in [0.2, 0.25) is 5.02 Å². The number of hydrogen-bond donors (Lipinski definition) is 0. The van der Waals surface area contributed by atoms with Crippen LogP contribution >= 0.6 is 11.6 Å². The van der Waals surface area contributed by atoms with E-state index < -0.39 is 0 Å². The van der Waals surface area contributed by atoms with E-state index in [1.165, 1.54) is 6.08 Å². The van der Waals surface area contributed by atoms with Gasteiger partial charge < -0.3 is 4.42 Å². The summed E-state index contributed by atoms with van der Waals surface area (Å²) in [5, 5.41) is 4.93. The minimum Gasteiger partial charge on any atom is -0.458 e. The Morgan fingerprint density at radius 1 is 1.23 bits per heavy atom. The number of allylic oxidation sites excluding steroid dienone is 1. The second-order valence-electron chi connectivity index (χ2n) is 4.80. The minimum atomic E-state index is -0.174. The molecule has 22 heavy (non-hydrogen) atoms. The van der Waals surface area contributed by atoms with E-state index in [1.54, 1.807) is 48.1 Å². The van der Waals surface area contributed by atoms with Crippen molar-refractivity contribution in [2.75, 3.05) is 0 Å². The van der Waals surface area contributed by atoms with E-state index in [0.717, 1.165) is 11.3 Å². The summed E-state index contributed by atoms with van der Waals surface area (Å²) >= 11 is 5.86. The van der Waals surface area contributed by atoms with Crippen LogP contribution in [0, 0.1) is 6.92 Å². The van der Waals surface area contributed by atoms with E-state index in [0.29, 0.717) is 16.5 Å². The molecule has 0 amide bonds. The molecule has 110 valence electrons. The highest BCUT2D eigenvalue weighted by molar-refractivity contribution is 6.30. The van der Waals surface area contributed by atoms with Crippen LogP contribution in [0.4, 0.5) is 0 Å². The Kier molecular flexibility index (Phi) is 3.94. The zero-order chi connectivity index (χ0) is 15.5. The number of hydrogen-bond acceptors (Lipinski definition) is 3. The fourth-order valence-electron chi connectivity index (χ4n) is 1.98. The summed E-state index contributed by atoms with van der Waals surface area (Å²) in [6, 6.07) is 10.8. The van der Waals surface area contributed by atoms with Gasteiger partial charge in [-0.1, -0.05) is 11.6 Å². The molecule has 2 heterocycles. The van der Waals surface area contributed by atoms with Gasteiger partial charge in [0, 0.05) is 16.8 Å². The smallest absolute Gasteiger partial charge is 0.221 e. The molecule has 0 fully saturated rings. The van der Waals surface area contributed by atoms with Crippen LogP contribution in [-0.2, 0) is 0 Å². The molecule has 0 saturated carbocycles. The van der Waals surface area contributed by atoms with Gasteiger partial charge in [0.2, 0.25) is 5.78 Å². The normalized spacial score (nSPS) is 11.2. The maximum Gasteiger partial charge on any atom is 0.221 e. The van der Waals surface area contributed by atoms with Gasteiger partial charge in [-0.15, -0.1) is 0 Å². The molecule has 0 unspecified atom stereocenters. The lowest BCUT2D eigenvalue weighted by atomic mass is 10.2. The zero-order valence-electron chi connectivity index (χ0n) is 11.9. The third-order valence-electron chi connectivity index (χ3n) is 3.10. The van der Waals surface area contributed by atoms with Gasteiger partial charge >= 0.3 is 0 Å². The van der Waals surface area contributed by atoms with Crippen LogP contribution < -0.4 is 0 Å². The lowest BCUT2D eigenvalue weighted by Crippen LogP contribution is -1.92. The van der Waals surface area contributed by atoms with Crippen molar-refractivity contribution in [3.05, 3.63) is 77.0 Å². The third-order valence-corrected chi connectivity index (χ3v) is 3.36. The molecule has 0 saturated heterocycles. The summed E-state index contributed by atoms with van der Waals surface area (Å²) in [6.45, 7) is 1.80. The molecule has 2 aromatic heterocycles. The van der Waals surface area contributed by atoms with Gasteiger partial charge in [-0.05, 0) is 55.5 Å². The standard InChI is InChI=1S/C17H13ClN2O2/c1-12-2-9-17(22-12)16(21)8-3-13-10-19-20(11-13)15-6-4-14(18)5-7-15/h2-11H,1H3/b8-3+. The Bertz CT molecular complexity index is 828. The van der Waals surface area contributed by atoms with Gasteiger partial charge in [-0.25, -0.2) is 4.68 Å². The van der Waals surface area contributed by atoms with Crippen molar-refractivity contribution in [3.63, 3.8) is 0 Å². The number of rotatable bonds is 4. The fraction of sp³-hybridized carbons (Fsp3) is 0.0588. The van der Waals surface area contributed by atoms with Crippen molar-refractivity contribution in [1.29, 1.82) is 0 Å². The largest absolute Gasteiger partial charge is 0.458 e. The molecule has 0 bridgehead atoms. The van der Waals surface area contributed by atoms with E-state index in [-0.39, 0.29) is 5.78 Å². The number of furan rings is 1. The first-order valence-electron chi connectivity index (χ1n) is 6.71. The molecule has 5 heteroatoms. The summed E-state index contributed by atoms with van der Waals surface area (Å²) < 4.78 is 7.01. The van der Waals surface area contributed by atoms with E-state index in [2.05, 4.69) is 5.10 Å². The van der Waals surface area contributed by atoms with Gasteiger partial charge in [0.25, 0.3) is 0 Å². The Labute approximate surface area is 132 Å². The Balaban J connectivity index is 1.75. The topological polar surface area (TPSA) is 48.0 Å². The lowest BCUT2D eigenvalue weighted by Gasteiger charge is -1.99. The summed E-state index contributed by atoms with van der Waals surface area (Å²) in [6.07, 6.45) is 6.70. The Morgan fingerprint density at radius 3 is 2.68 bits per heavy atom. The monoisotopic (exact) mass is 312 g/mol. The molecular formula is C17H13ClN2O2. The number of aryl methyl sites for hydroxylation is 1. The van der Waals surface area contributed by atoms with E-state index in [9.17, 15) is 4.79 Å². The summed E-state index contributed by atoms with van der Waals surface area (Å²) in [5.74, 6) is 0.874. The lowest BCUT2D eigenvalue weighted by molar-refractivity contribution is 0.102. The molecule has 0 atom stereocenters. The van der Waals surface area contributed by atoms with Gasteiger partial charge in [-0.2, -0.15) is 5.10 Å². The third kappa shape index (κ3) is 3.18. The highest BCUT2D eigenvalue weighted by Gasteiger charge is 2.06. The van der Waals surface area contributed by atoms with Gasteiger partial charge in [0.05, 0.1) is 11.9 Å². The zero-order valence-corrected chi connectivity index (χ0v) is 12.6. The number of benzene rings is 1. The van der Waals surface area contributed by atoms with Crippen LogP contribution in [0.3, 0.4) is 0 Å². The number of carbonyl (C=O) groups excluding carboxylic acids is 1. The predicted molar refractivity (Wildman–Crippen MR) is 85.4 cm³/mol. The van der Waals surface area contributed by atoms with Gasteiger partial charge in [0.1, 0.15) is 5.76 Å². The highest BCUT2D eigenvalue weighted by Crippen LogP contribution is 2.14. The maximum absolute atomic E-state index is 11.9. The SMILES string of the molecule is Cc1ccc(C(=O)/C=C/c2cnn(-c3ccc(Cl)cc3)c2)o1. The second kappa shape index (κ2) is 6.03. The fourth-order valence-corrected chi connectivity index (χ4v) is 2.10. The predicted octanol–water partition coefficient (Wildman–Crippen LogP) is 4.32. The van der Waals surface area contributed by atoms with Crippen molar-refractivity contribution < 1.29 is 9.21 Å². The van der Waals surface area contributed by atoms with Gasteiger partial charge in [0.15, 0.2) is 5.76 Å². The Morgan fingerprint density at radius 2 is 2.00 bits per heavy atom. The van der Waals surface area contributed by atoms with Crippen molar-refractivity contribution >= 4 is 23.5 Å². The van der Waals surface area contributed by atoms with E-state index in [1.807, 2.05) is 18.3 Å². The van der Waals surface area contributed by atoms with Crippen LogP contribution in [-0.4, -0.2) is 15.6 Å². The number of halogens is 1. The van der Waals surface area contributed by atoms with Gasteiger partial charge in [-0.3, -0.25) is 4.79 Å². The first-order chi connectivity index (χ1) is 10.6. The van der Waals surface area contributed by atoms with E-state index in [4.69, 9.17) is 16.0 Å². The first-order valence-corrected chi connectivity index (χ1v) is 7.09. The van der Waals surface area contributed by atoms with Crippen molar-refractivity contribution in [1.82, 2.24) is 9.78 Å². The second-order valence-corrected chi connectivity index (χ2v) is 5.24. The molecule has 0 aliphatic heterocycles. The number of carbonyl (C=O) groups is 1. The average molecular weight is 313 g/mol. The van der Waals surface area contributed by atoms with Crippen LogP contribution in [0.15, 0.2) is 59.3 Å². The number of aromatic nitrogens is 2. The molecule has 3 aromatic rings. The quantitative estimate of drug-likeness (QED) is 0.532. The van der Waals surface area contributed by atoms with E-state index >= 15 is 0 Å². The summed E-state index contributed by atoms with van der Waals surface area (Å²) in [4.78, 5) is 11.9. The van der Waals surface area contributed by atoms with Crippen LogP contribution in [0.1, 0.15) is 21.9 Å². The molecule has 0 spiro atoms. The Hall–Kier alpha value is -2.59. The van der Waals surface area contributed by atoms with Crippen LogP contribution in [0.5, 0.6) is 0 Å². The van der Waals surface area contributed by atoms with Crippen molar-refractivity contribution in [2.24, 2.45) is 0 Å². The maximum atomic E-state index is 11.9. The number of ketones is 1. The summed E-state index contributed by atoms with van der Waals surface area (Å²) in [7, 11) is 0. The molecule has 4 nitrogen and oxygen atoms in total. The van der Waals surface area contributed by atoms with Crippen LogP contribution in [0.25, 0.3) is 11.8 Å². The first kappa shape index (κ1) is 14.4. The molecule has 0 aliphatic carbocycles.